The number of hydrogen-bond acceptors (Lipinski definition) is 6. The molecule has 0 aromatic heterocycles. The molecule has 0 unspecified atom stereocenters. The van der Waals surface area contributed by atoms with E-state index in [0.29, 0.717) is 11.5 Å². The molecule has 1 heterocycles. The van der Waals surface area contributed by atoms with E-state index in [1.807, 2.05) is 0 Å². The van der Waals surface area contributed by atoms with Crippen LogP contribution < -0.4 is 15.4 Å². The maximum absolute atomic E-state index is 11.9. The summed E-state index contributed by atoms with van der Waals surface area (Å²) in [5, 5.41) is 17.3. The number of nitrogens with one attached hydrogen (secondary N) is 2. The molecule has 1 aromatic rings. The van der Waals surface area contributed by atoms with Crippen LogP contribution in [-0.4, -0.2) is 42.8 Å². The fraction of sp³-hybridized carbons (Fsp3) is 0.533. The second-order valence-electron chi connectivity index (χ2n) is 5.35. The summed E-state index contributed by atoms with van der Waals surface area (Å²) in [5.74, 6) is 1.16. The van der Waals surface area contributed by atoms with Crippen LogP contribution in [0.4, 0.5) is 5.69 Å². The smallest absolute Gasteiger partial charge is 0.311 e. The largest absolute Gasteiger partial charge is 0.490 e. The second-order valence-corrected chi connectivity index (χ2v) is 6.33. The first kappa shape index (κ1) is 17.6. The average Bonchev–Trinajstić information content (AvgIpc) is 2.55. The van der Waals surface area contributed by atoms with Gasteiger partial charge in [-0.05, 0) is 37.6 Å². The van der Waals surface area contributed by atoms with Gasteiger partial charge < -0.3 is 15.4 Å². The number of nitro groups is 1. The van der Waals surface area contributed by atoms with Crippen molar-refractivity contribution in [3.8, 4) is 5.75 Å². The zero-order valence-corrected chi connectivity index (χ0v) is 13.9. The fourth-order valence-corrected chi connectivity index (χ4v) is 3.25. The van der Waals surface area contributed by atoms with Crippen LogP contribution in [0.3, 0.4) is 0 Å². The topological polar surface area (TPSA) is 93.5 Å². The van der Waals surface area contributed by atoms with Crippen LogP contribution in [0.2, 0.25) is 0 Å². The van der Waals surface area contributed by atoms with Gasteiger partial charge in [0.25, 0.3) is 0 Å². The van der Waals surface area contributed by atoms with Gasteiger partial charge in [0.1, 0.15) is 0 Å². The zero-order valence-electron chi connectivity index (χ0n) is 13.0. The third-order valence-electron chi connectivity index (χ3n) is 3.65. The number of piperidine rings is 1. The lowest BCUT2D eigenvalue weighted by Gasteiger charge is -2.23. The van der Waals surface area contributed by atoms with Crippen LogP contribution in [0.5, 0.6) is 5.75 Å². The van der Waals surface area contributed by atoms with E-state index >= 15 is 0 Å². The molecule has 0 saturated carbocycles. The molecule has 8 heteroatoms. The summed E-state index contributed by atoms with van der Waals surface area (Å²) >= 11 is 1.45. The summed E-state index contributed by atoms with van der Waals surface area (Å²) in [5.41, 5.74) is 0.752. The summed E-state index contributed by atoms with van der Waals surface area (Å²) < 4.78 is 4.97. The number of carbonyl (C=O) groups excluding carboxylic acids is 1. The Labute approximate surface area is 139 Å². The van der Waals surface area contributed by atoms with Gasteiger partial charge in [0.05, 0.1) is 17.8 Å². The molecule has 0 bridgehead atoms. The molecular weight excluding hydrogens is 318 g/mol. The van der Waals surface area contributed by atoms with Crippen LogP contribution in [0, 0.1) is 10.1 Å². The number of hydrogen-bond donors (Lipinski definition) is 2. The van der Waals surface area contributed by atoms with E-state index in [0.717, 1.165) is 31.5 Å². The Morgan fingerprint density at radius 3 is 2.87 bits per heavy atom. The van der Waals surface area contributed by atoms with Crippen molar-refractivity contribution in [1.82, 2.24) is 10.6 Å². The predicted octanol–water partition coefficient (Wildman–Crippen LogP) is 1.70. The van der Waals surface area contributed by atoms with Crippen molar-refractivity contribution in [3.63, 3.8) is 0 Å². The van der Waals surface area contributed by atoms with Gasteiger partial charge in [-0.1, -0.05) is 6.07 Å². The quantitative estimate of drug-likeness (QED) is 0.580. The molecule has 2 N–H and O–H groups in total. The molecule has 1 aromatic carbocycles. The molecule has 1 amide bonds. The maximum atomic E-state index is 11.9. The first-order chi connectivity index (χ1) is 11.1. The van der Waals surface area contributed by atoms with Gasteiger partial charge in [0, 0.05) is 17.9 Å². The van der Waals surface area contributed by atoms with E-state index < -0.39 is 4.92 Å². The molecule has 2 rings (SSSR count). The molecule has 0 atom stereocenters. The van der Waals surface area contributed by atoms with E-state index in [1.54, 1.807) is 12.1 Å². The molecule has 1 fully saturated rings. The normalized spacial score (nSPS) is 15.2. The lowest BCUT2D eigenvalue weighted by molar-refractivity contribution is -0.385. The number of ether oxygens (including phenoxy) is 1. The standard InChI is InChI=1S/C15H21N3O4S/c1-22-14-3-2-11(8-13(14)18(20)21)9-23-10-15(19)17-12-4-6-16-7-5-12/h2-3,8,12,16H,4-7,9-10H2,1H3,(H,17,19). The number of rotatable bonds is 7. The predicted molar refractivity (Wildman–Crippen MR) is 89.8 cm³/mol. The number of thioether (sulfide) groups is 1. The van der Waals surface area contributed by atoms with Crippen LogP contribution in [-0.2, 0) is 10.5 Å². The Morgan fingerprint density at radius 1 is 1.48 bits per heavy atom. The van der Waals surface area contributed by atoms with Gasteiger partial charge in [0.2, 0.25) is 5.91 Å². The number of nitro benzene ring substituents is 1. The number of methoxy groups -OCH3 is 1. The molecule has 126 valence electrons. The average molecular weight is 339 g/mol. The third-order valence-corrected chi connectivity index (χ3v) is 4.65. The second kappa shape index (κ2) is 8.73. The lowest BCUT2D eigenvalue weighted by Crippen LogP contribution is -2.43. The molecular formula is C15H21N3O4S. The van der Waals surface area contributed by atoms with Gasteiger partial charge in [-0.3, -0.25) is 14.9 Å². The molecule has 0 spiro atoms. The first-order valence-corrected chi connectivity index (χ1v) is 8.64. The maximum Gasteiger partial charge on any atom is 0.311 e. The summed E-state index contributed by atoms with van der Waals surface area (Å²) in [4.78, 5) is 22.4. The van der Waals surface area contributed by atoms with E-state index in [-0.39, 0.29) is 23.4 Å². The van der Waals surface area contributed by atoms with Gasteiger partial charge >= 0.3 is 5.69 Å². The first-order valence-electron chi connectivity index (χ1n) is 7.49. The Balaban J connectivity index is 1.80. The van der Waals surface area contributed by atoms with Gasteiger partial charge in [0.15, 0.2) is 5.75 Å². The van der Waals surface area contributed by atoms with Gasteiger partial charge in [-0.2, -0.15) is 0 Å². The number of benzene rings is 1. The molecule has 1 aliphatic rings. The van der Waals surface area contributed by atoms with Crippen molar-refractivity contribution in [2.45, 2.75) is 24.6 Å². The Kier molecular flexibility index (Phi) is 6.66. The van der Waals surface area contributed by atoms with Crippen molar-refractivity contribution in [2.75, 3.05) is 26.0 Å². The minimum absolute atomic E-state index is 0.0184. The molecule has 0 aliphatic carbocycles. The van der Waals surface area contributed by atoms with Crippen LogP contribution in [0.25, 0.3) is 0 Å². The summed E-state index contributed by atoms with van der Waals surface area (Å²) in [6, 6.07) is 5.12. The Morgan fingerprint density at radius 2 is 2.22 bits per heavy atom. The highest BCUT2D eigenvalue weighted by Gasteiger charge is 2.17. The zero-order chi connectivity index (χ0) is 16.7. The van der Waals surface area contributed by atoms with E-state index in [4.69, 9.17) is 4.74 Å². The van der Waals surface area contributed by atoms with Crippen molar-refractivity contribution in [2.24, 2.45) is 0 Å². The van der Waals surface area contributed by atoms with Crippen molar-refractivity contribution >= 4 is 23.4 Å². The summed E-state index contributed by atoms with van der Waals surface area (Å²) in [6.07, 6.45) is 1.92. The summed E-state index contributed by atoms with van der Waals surface area (Å²) in [7, 11) is 1.40. The number of amides is 1. The van der Waals surface area contributed by atoms with Gasteiger partial charge in [-0.15, -0.1) is 11.8 Å². The highest BCUT2D eigenvalue weighted by atomic mass is 32.2. The van der Waals surface area contributed by atoms with Crippen LogP contribution in [0.1, 0.15) is 18.4 Å². The minimum Gasteiger partial charge on any atom is -0.490 e. The molecule has 1 aliphatic heterocycles. The third kappa shape index (κ3) is 5.40. The molecule has 1 saturated heterocycles. The van der Waals surface area contributed by atoms with Crippen LogP contribution in [0.15, 0.2) is 18.2 Å². The lowest BCUT2D eigenvalue weighted by atomic mass is 10.1. The molecule has 0 radical (unpaired) electrons. The van der Waals surface area contributed by atoms with Crippen molar-refractivity contribution in [1.29, 1.82) is 0 Å². The highest BCUT2D eigenvalue weighted by molar-refractivity contribution is 7.99. The molecule has 23 heavy (non-hydrogen) atoms. The monoisotopic (exact) mass is 339 g/mol. The Hall–Kier alpha value is -1.80. The van der Waals surface area contributed by atoms with E-state index in [2.05, 4.69) is 10.6 Å². The van der Waals surface area contributed by atoms with Gasteiger partial charge in [-0.25, -0.2) is 0 Å². The minimum atomic E-state index is -0.461. The van der Waals surface area contributed by atoms with E-state index in [9.17, 15) is 14.9 Å². The SMILES string of the molecule is COc1ccc(CSCC(=O)NC2CCNCC2)cc1[N+](=O)[O-]. The van der Waals surface area contributed by atoms with Crippen LogP contribution >= 0.6 is 11.8 Å². The molecule has 7 nitrogen and oxygen atoms in total. The van der Waals surface area contributed by atoms with E-state index in [1.165, 1.54) is 24.9 Å². The van der Waals surface area contributed by atoms with Crippen molar-refractivity contribution in [3.05, 3.63) is 33.9 Å². The van der Waals surface area contributed by atoms with Crippen molar-refractivity contribution < 1.29 is 14.5 Å². The highest BCUT2D eigenvalue weighted by Crippen LogP contribution is 2.28. The summed E-state index contributed by atoms with van der Waals surface area (Å²) in [6.45, 7) is 1.88. The number of nitrogens with zero attached hydrogens (tertiary/aromatic N) is 1. The Bertz CT molecular complexity index is 562. The fourth-order valence-electron chi connectivity index (χ4n) is 2.47. The number of carbonyl (C=O) groups is 1.